The zero-order chi connectivity index (χ0) is 13.0. The van der Waals surface area contributed by atoms with Crippen LogP contribution in [-0.4, -0.2) is 34.0 Å². The number of nitrogens with one attached hydrogen (secondary N) is 1. The fourth-order valence-electron chi connectivity index (χ4n) is 1.64. The maximum Gasteiger partial charge on any atom is 0.138 e. The van der Waals surface area contributed by atoms with Gasteiger partial charge in [0.25, 0.3) is 0 Å². The molecule has 0 aliphatic heterocycles. The van der Waals surface area contributed by atoms with Crippen molar-refractivity contribution in [3.63, 3.8) is 0 Å². The number of rotatable bonds is 5. The lowest BCUT2D eigenvalue weighted by Gasteiger charge is -2.21. The minimum Gasteiger partial charge on any atom is -0.380 e. The lowest BCUT2D eigenvalue weighted by Crippen LogP contribution is -2.29. The van der Waals surface area contributed by atoms with Gasteiger partial charge in [-0.1, -0.05) is 0 Å². The van der Waals surface area contributed by atoms with Crippen LogP contribution in [0, 0.1) is 0 Å². The second-order valence-corrected chi connectivity index (χ2v) is 4.26. The fourth-order valence-corrected chi connectivity index (χ4v) is 1.64. The van der Waals surface area contributed by atoms with Crippen LogP contribution in [0.1, 0.15) is 13.8 Å². The molecule has 5 nitrogen and oxygen atoms in total. The van der Waals surface area contributed by atoms with Crippen molar-refractivity contribution in [1.82, 2.24) is 14.8 Å². The van der Waals surface area contributed by atoms with Gasteiger partial charge in [0.05, 0.1) is 11.8 Å². The van der Waals surface area contributed by atoms with Crippen molar-refractivity contribution in [2.24, 2.45) is 0 Å². The first kappa shape index (κ1) is 12.6. The molecule has 1 N–H and O–H groups in total. The Morgan fingerprint density at radius 2 is 1.94 bits per heavy atom. The van der Waals surface area contributed by atoms with Gasteiger partial charge in [0.2, 0.25) is 0 Å². The number of aromatic nitrogens is 3. The van der Waals surface area contributed by atoms with Crippen LogP contribution in [0.5, 0.6) is 0 Å². The van der Waals surface area contributed by atoms with Gasteiger partial charge in [-0.05, 0) is 38.1 Å². The van der Waals surface area contributed by atoms with Crippen molar-refractivity contribution in [2.75, 3.05) is 12.4 Å². The van der Waals surface area contributed by atoms with E-state index >= 15 is 0 Å². The second-order valence-electron chi connectivity index (χ2n) is 4.26. The normalized spacial score (nSPS) is 14.2. The Hall–Kier alpha value is -1.88. The van der Waals surface area contributed by atoms with E-state index in [-0.39, 0.29) is 12.1 Å². The number of anilines is 1. The predicted molar refractivity (Wildman–Crippen MR) is 70.9 cm³/mol. The maximum absolute atomic E-state index is 5.28. The number of hydrogen-bond acceptors (Lipinski definition) is 4. The Kier molecular flexibility index (Phi) is 3.94. The molecular weight excluding hydrogens is 228 g/mol. The average Bonchev–Trinajstić information content (AvgIpc) is 2.92. The van der Waals surface area contributed by atoms with Crippen LogP contribution >= 0.6 is 0 Å². The first-order valence-electron chi connectivity index (χ1n) is 5.95. The molecule has 2 unspecified atom stereocenters. The van der Waals surface area contributed by atoms with Crippen LogP contribution in [0.3, 0.4) is 0 Å². The summed E-state index contributed by atoms with van der Waals surface area (Å²) in [6.45, 7) is 4.14. The lowest BCUT2D eigenvalue weighted by atomic mass is 10.2. The van der Waals surface area contributed by atoms with Crippen LogP contribution < -0.4 is 5.32 Å². The molecule has 1 aromatic heterocycles. The molecule has 0 aliphatic carbocycles. The standard InChI is InChI=1S/C13H18N4O/c1-10(11(2)18-3)16-12-4-6-13(7-5-12)17-9-14-8-15-17/h4-11,16H,1-3H3. The molecule has 0 fully saturated rings. The van der Waals surface area contributed by atoms with E-state index in [0.717, 1.165) is 11.4 Å². The summed E-state index contributed by atoms with van der Waals surface area (Å²) >= 11 is 0. The number of ether oxygens (including phenoxy) is 1. The molecule has 0 saturated carbocycles. The number of nitrogens with zero attached hydrogens (tertiary/aromatic N) is 3. The maximum atomic E-state index is 5.28. The van der Waals surface area contributed by atoms with E-state index in [4.69, 9.17) is 4.74 Å². The van der Waals surface area contributed by atoms with E-state index in [1.54, 1.807) is 18.1 Å². The van der Waals surface area contributed by atoms with E-state index in [9.17, 15) is 0 Å². The van der Waals surface area contributed by atoms with E-state index in [1.807, 2.05) is 31.2 Å². The highest BCUT2D eigenvalue weighted by molar-refractivity contribution is 5.49. The highest BCUT2D eigenvalue weighted by Crippen LogP contribution is 2.14. The molecule has 2 atom stereocenters. The van der Waals surface area contributed by atoms with E-state index in [2.05, 4.69) is 22.3 Å². The summed E-state index contributed by atoms with van der Waals surface area (Å²) in [5.74, 6) is 0. The van der Waals surface area contributed by atoms with Crippen molar-refractivity contribution < 1.29 is 4.74 Å². The van der Waals surface area contributed by atoms with Crippen LogP contribution in [0.15, 0.2) is 36.9 Å². The summed E-state index contributed by atoms with van der Waals surface area (Å²) < 4.78 is 7.01. The highest BCUT2D eigenvalue weighted by atomic mass is 16.5. The quantitative estimate of drug-likeness (QED) is 0.877. The molecule has 0 amide bonds. The first-order valence-corrected chi connectivity index (χ1v) is 5.95. The lowest BCUT2D eigenvalue weighted by molar-refractivity contribution is 0.106. The molecule has 0 bridgehead atoms. The van der Waals surface area contributed by atoms with Gasteiger partial charge in [0, 0.05) is 18.8 Å². The number of benzene rings is 1. The molecule has 0 aliphatic rings. The first-order chi connectivity index (χ1) is 8.70. The topological polar surface area (TPSA) is 52.0 Å². The summed E-state index contributed by atoms with van der Waals surface area (Å²) in [4.78, 5) is 3.92. The van der Waals surface area contributed by atoms with Crippen LogP contribution in [0.4, 0.5) is 5.69 Å². The second kappa shape index (κ2) is 5.64. The third kappa shape index (κ3) is 2.87. The fraction of sp³-hybridized carbons (Fsp3) is 0.385. The Labute approximate surface area is 107 Å². The van der Waals surface area contributed by atoms with Gasteiger partial charge < -0.3 is 10.1 Å². The summed E-state index contributed by atoms with van der Waals surface area (Å²) in [6.07, 6.45) is 3.37. The molecule has 18 heavy (non-hydrogen) atoms. The zero-order valence-electron chi connectivity index (χ0n) is 10.9. The summed E-state index contributed by atoms with van der Waals surface area (Å²) in [7, 11) is 1.72. The molecule has 96 valence electrons. The van der Waals surface area contributed by atoms with E-state index in [0.29, 0.717) is 0 Å². The molecule has 2 rings (SSSR count). The van der Waals surface area contributed by atoms with Gasteiger partial charge >= 0.3 is 0 Å². The van der Waals surface area contributed by atoms with Gasteiger partial charge in [-0.3, -0.25) is 0 Å². The van der Waals surface area contributed by atoms with E-state index in [1.165, 1.54) is 6.33 Å². The molecule has 5 heteroatoms. The third-order valence-corrected chi connectivity index (χ3v) is 3.02. The van der Waals surface area contributed by atoms with Crippen molar-refractivity contribution in [3.8, 4) is 5.69 Å². The molecule has 0 saturated heterocycles. The molecule has 1 aromatic carbocycles. The molecular formula is C13H18N4O. The minimum absolute atomic E-state index is 0.167. The minimum atomic E-state index is 0.167. The Morgan fingerprint density at radius 1 is 1.22 bits per heavy atom. The van der Waals surface area contributed by atoms with E-state index < -0.39 is 0 Å². The van der Waals surface area contributed by atoms with Crippen LogP contribution in [0.2, 0.25) is 0 Å². The Bertz CT molecular complexity index is 466. The van der Waals surface area contributed by atoms with Gasteiger partial charge in [0.1, 0.15) is 12.7 Å². The van der Waals surface area contributed by atoms with Crippen LogP contribution in [-0.2, 0) is 4.74 Å². The monoisotopic (exact) mass is 246 g/mol. The summed E-state index contributed by atoms with van der Waals surface area (Å²) in [5, 5.41) is 7.48. The average molecular weight is 246 g/mol. The van der Waals surface area contributed by atoms with Gasteiger partial charge in [-0.2, -0.15) is 5.10 Å². The molecule has 0 radical (unpaired) electrons. The van der Waals surface area contributed by atoms with Crippen molar-refractivity contribution in [1.29, 1.82) is 0 Å². The van der Waals surface area contributed by atoms with Crippen LogP contribution in [0.25, 0.3) is 5.69 Å². The van der Waals surface area contributed by atoms with Gasteiger partial charge in [-0.25, -0.2) is 9.67 Å². The number of methoxy groups -OCH3 is 1. The molecule has 0 spiro atoms. The summed E-state index contributed by atoms with van der Waals surface area (Å²) in [6, 6.07) is 8.31. The number of hydrogen-bond donors (Lipinski definition) is 1. The smallest absolute Gasteiger partial charge is 0.138 e. The highest BCUT2D eigenvalue weighted by Gasteiger charge is 2.10. The summed E-state index contributed by atoms with van der Waals surface area (Å²) in [5.41, 5.74) is 2.06. The Balaban J connectivity index is 2.04. The molecule has 2 aromatic rings. The van der Waals surface area contributed by atoms with Crippen molar-refractivity contribution >= 4 is 5.69 Å². The molecule has 1 heterocycles. The Morgan fingerprint density at radius 3 is 2.50 bits per heavy atom. The SMILES string of the molecule is COC(C)C(C)Nc1ccc(-n2cncn2)cc1. The van der Waals surface area contributed by atoms with Crippen molar-refractivity contribution in [2.45, 2.75) is 26.0 Å². The largest absolute Gasteiger partial charge is 0.380 e. The predicted octanol–water partition coefficient (Wildman–Crippen LogP) is 2.10. The van der Waals surface area contributed by atoms with Crippen molar-refractivity contribution in [3.05, 3.63) is 36.9 Å². The van der Waals surface area contributed by atoms with Gasteiger partial charge in [-0.15, -0.1) is 0 Å². The third-order valence-electron chi connectivity index (χ3n) is 3.02. The zero-order valence-corrected chi connectivity index (χ0v) is 10.9. The van der Waals surface area contributed by atoms with Gasteiger partial charge in [0.15, 0.2) is 0 Å².